The molecule has 142 valence electrons. The first-order valence-electron chi connectivity index (χ1n) is 9.54. The number of benzene rings is 2. The third-order valence-corrected chi connectivity index (χ3v) is 5.17. The molecule has 5 nitrogen and oxygen atoms in total. The molecule has 1 heterocycles. The molecule has 3 N–H and O–H groups in total. The zero-order chi connectivity index (χ0) is 19.2. The second-order valence-corrected chi connectivity index (χ2v) is 7.11. The van der Waals surface area contributed by atoms with Gasteiger partial charge in [-0.2, -0.15) is 0 Å². The summed E-state index contributed by atoms with van der Waals surface area (Å²) in [6.45, 7) is 3.07. The number of hydrogen-bond acceptors (Lipinski definition) is 3. The van der Waals surface area contributed by atoms with Crippen LogP contribution in [0.4, 0.5) is 5.69 Å². The molecule has 0 aliphatic carbocycles. The van der Waals surface area contributed by atoms with Crippen LogP contribution in [0.1, 0.15) is 43.4 Å². The fraction of sp³-hybridized carbons (Fsp3) is 0.364. The summed E-state index contributed by atoms with van der Waals surface area (Å²) in [7, 11) is 0. The van der Waals surface area contributed by atoms with Crippen LogP contribution in [0.25, 0.3) is 0 Å². The van der Waals surface area contributed by atoms with Crippen molar-refractivity contribution >= 4 is 17.5 Å². The van der Waals surface area contributed by atoms with Crippen molar-refractivity contribution in [3.05, 3.63) is 65.7 Å². The number of carbonyl (C=O) groups is 2. The molecule has 2 aromatic carbocycles. The van der Waals surface area contributed by atoms with Crippen LogP contribution in [0, 0.1) is 5.92 Å². The van der Waals surface area contributed by atoms with Crippen molar-refractivity contribution in [1.82, 2.24) is 5.32 Å². The third-order valence-electron chi connectivity index (χ3n) is 5.17. The molecule has 0 spiro atoms. The first-order chi connectivity index (χ1) is 13.1. The van der Waals surface area contributed by atoms with Gasteiger partial charge in [0.25, 0.3) is 0 Å². The lowest BCUT2D eigenvalue weighted by molar-refractivity contribution is -0.125. The maximum atomic E-state index is 12.4. The normalized spacial score (nSPS) is 16.7. The van der Waals surface area contributed by atoms with E-state index in [0.717, 1.165) is 36.2 Å². The smallest absolute Gasteiger partial charge is 0.226 e. The highest BCUT2D eigenvalue weighted by Gasteiger charge is 2.22. The number of nitrogens with zero attached hydrogens (tertiary/aromatic N) is 1. The minimum atomic E-state index is -0.335. The molecule has 2 atom stereocenters. The lowest BCUT2D eigenvalue weighted by Gasteiger charge is -2.27. The van der Waals surface area contributed by atoms with Crippen LogP contribution in [0.5, 0.6) is 0 Å². The van der Waals surface area contributed by atoms with Crippen molar-refractivity contribution in [3.8, 4) is 0 Å². The van der Waals surface area contributed by atoms with Crippen molar-refractivity contribution in [3.63, 3.8) is 0 Å². The van der Waals surface area contributed by atoms with Gasteiger partial charge in [-0.25, -0.2) is 0 Å². The van der Waals surface area contributed by atoms with Gasteiger partial charge in [0.15, 0.2) is 0 Å². The predicted octanol–water partition coefficient (Wildman–Crippen LogP) is 3.16. The van der Waals surface area contributed by atoms with Gasteiger partial charge in [-0.3, -0.25) is 9.59 Å². The van der Waals surface area contributed by atoms with Crippen LogP contribution in [0.3, 0.4) is 0 Å². The van der Waals surface area contributed by atoms with Crippen LogP contribution >= 0.6 is 0 Å². The Kier molecular flexibility index (Phi) is 6.24. The van der Waals surface area contributed by atoms with Gasteiger partial charge in [-0.15, -0.1) is 0 Å². The Hall–Kier alpha value is -2.66. The molecule has 2 amide bonds. The van der Waals surface area contributed by atoms with Gasteiger partial charge in [0.1, 0.15) is 0 Å². The minimum absolute atomic E-state index is 0.0679. The SMILES string of the molecule is CC(C(=O)NCc1ccc(N2CCCCC2=O)cc1)C(N)c1ccccc1. The first kappa shape index (κ1) is 19.1. The second-order valence-electron chi connectivity index (χ2n) is 7.11. The van der Waals surface area contributed by atoms with Gasteiger partial charge in [0, 0.05) is 31.2 Å². The van der Waals surface area contributed by atoms with Gasteiger partial charge in [0.05, 0.1) is 5.92 Å². The maximum Gasteiger partial charge on any atom is 0.226 e. The largest absolute Gasteiger partial charge is 0.352 e. The van der Waals surface area contributed by atoms with E-state index in [2.05, 4.69) is 5.32 Å². The summed E-state index contributed by atoms with van der Waals surface area (Å²) in [4.78, 5) is 26.3. The number of carbonyl (C=O) groups excluding carboxylic acids is 2. The van der Waals surface area contributed by atoms with E-state index < -0.39 is 0 Å². The van der Waals surface area contributed by atoms with Crippen LogP contribution < -0.4 is 16.0 Å². The fourth-order valence-corrected chi connectivity index (χ4v) is 3.35. The van der Waals surface area contributed by atoms with Crippen molar-refractivity contribution < 1.29 is 9.59 Å². The molecule has 1 aliphatic rings. The number of piperidine rings is 1. The molecule has 1 aliphatic heterocycles. The molecule has 27 heavy (non-hydrogen) atoms. The monoisotopic (exact) mass is 365 g/mol. The van der Waals surface area contributed by atoms with Crippen LogP contribution in [0.2, 0.25) is 0 Å². The Labute approximate surface area is 160 Å². The highest BCUT2D eigenvalue weighted by atomic mass is 16.2. The number of hydrogen-bond donors (Lipinski definition) is 2. The summed E-state index contributed by atoms with van der Waals surface area (Å²) in [5.41, 5.74) is 9.10. The Balaban J connectivity index is 1.55. The Morgan fingerprint density at radius 1 is 1.11 bits per heavy atom. The lowest BCUT2D eigenvalue weighted by Crippen LogP contribution is -2.35. The van der Waals surface area contributed by atoms with Crippen molar-refractivity contribution in [2.75, 3.05) is 11.4 Å². The van der Waals surface area contributed by atoms with E-state index in [1.165, 1.54) is 0 Å². The standard InChI is InChI=1S/C22H27N3O2/c1-16(21(23)18-7-3-2-4-8-18)22(27)24-15-17-10-12-19(13-11-17)25-14-6-5-9-20(25)26/h2-4,7-8,10-13,16,21H,5-6,9,14-15,23H2,1H3,(H,24,27). The minimum Gasteiger partial charge on any atom is -0.352 e. The average Bonchev–Trinajstić information content (AvgIpc) is 2.72. The molecule has 0 aromatic heterocycles. The van der Waals surface area contributed by atoms with Crippen molar-refractivity contribution in [1.29, 1.82) is 0 Å². The number of anilines is 1. The predicted molar refractivity (Wildman–Crippen MR) is 107 cm³/mol. The van der Waals surface area contributed by atoms with Gasteiger partial charge < -0.3 is 16.0 Å². The summed E-state index contributed by atoms with van der Waals surface area (Å²) >= 11 is 0. The highest BCUT2D eigenvalue weighted by molar-refractivity contribution is 5.93. The zero-order valence-corrected chi connectivity index (χ0v) is 15.7. The summed E-state index contributed by atoms with van der Waals surface area (Å²) in [5, 5.41) is 2.96. The third kappa shape index (κ3) is 4.74. The molecule has 0 radical (unpaired) electrons. The number of rotatable bonds is 6. The topological polar surface area (TPSA) is 75.4 Å². The number of amides is 2. The van der Waals surface area contributed by atoms with E-state index in [9.17, 15) is 9.59 Å². The van der Waals surface area contributed by atoms with Crippen molar-refractivity contribution in [2.45, 2.75) is 38.8 Å². The Morgan fingerprint density at radius 2 is 1.81 bits per heavy atom. The highest BCUT2D eigenvalue weighted by Crippen LogP contribution is 2.22. The second kappa shape index (κ2) is 8.82. The quantitative estimate of drug-likeness (QED) is 0.826. The summed E-state index contributed by atoms with van der Waals surface area (Å²) in [5.74, 6) is -0.203. The van der Waals surface area contributed by atoms with Gasteiger partial charge >= 0.3 is 0 Å². The summed E-state index contributed by atoms with van der Waals surface area (Å²) < 4.78 is 0. The fourth-order valence-electron chi connectivity index (χ4n) is 3.35. The molecule has 5 heteroatoms. The average molecular weight is 365 g/mol. The number of nitrogens with one attached hydrogen (secondary N) is 1. The van der Waals surface area contributed by atoms with Crippen molar-refractivity contribution in [2.24, 2.45) is 11.7 Å². The van der Waals surface area contributed by atoms with E-state index >= 15 is 0 Å². The lowest BCUT2D eigenvalue weighted by atomic mass is 9.94. The molecule has 2 unspecified atom stereocenters. The molecular weight excluding hydrogens is 338 g/mol. The molecular formula is C22H27N3O2. The van der Waals surface area contributed by atoms with E-state index in [4.69, 9.17) is 5.73 Å². The Morgan fingerprint density at radius 3 is 2.48 bits per heavy atom. The van der Waals surface area contributed by atoms with Gasteiger partial charge in [-0.1, -0.05) is 49.4 Å². The van der Waals surface area contributed by atoms with Gasteiger partial charge in [0.2, 0.25) is 11.8 Å². The van der Waals surface area contributed by atoms with Crippen LogP contribution in [-0.4, -0.2) is 18.4 Å². The summed E-state index contributed by atoms with van der Waals surface area (Å²) in [6, 6.07) is 17.1. The van der Waals surface area contributed by atoms with Crippen LogP contribution in [0.15, 0.2) is 54.6 Å². The van der Waals surface area contributed by atoms with E-state index in [1.54, 1.807) is 0 Å². The maximum absolute atomic E-state index is 12.4. The van der Waals surface area contributed by atoms with E-state index in [-0.39, 0.29) is 23.8 Å². The Bertz CT molecular complexity index is 774. The number of nitrogens with two attached hydrogens (primary N) is 1. The molecule has 2 aromatic rings. The van der Waals surface area contributed by atoms with E-state index in [0.29, 0.717) is 13.0 Å². The molecule has 0 saturated carbocycles. The van der Waals surface area contributed by atoms with E-state index in [1.807, 2.05) is 66.4 Å². The van der Waals surface area contributed by atoms with Gasteiger partial charge in [-0.05, 0) is 36.1 Å². The molecule has 1 saturated heterocycles. The zero-order valence-electron chi connectivity index (χ0n) is 15.7. The molecule has 1 fully saturated rings. The first-order valence-corrected chi connectivity index (χ1v) is 9.54. The molecule has 0 bridgehead atoms. The molecule has 3 rings (SSSR count). The van der Waals surface area contributed by atoms with Crippen LogP contribution in [-0.2, 0) is 16.1 Å². The summed E-state index contributed by atoms with van der Waals surface area (Å²) in [6.07, 6.45) is 2.64.